The Morgan fingerprint density at radius 2 is 2.18 bits per heavy atom. The van der Waals surface area contributed by atoms with Crippen LogP contribution in [0.2, 0.25) is 0 Å². The molecule has 0 spiro atoms. The highest BCUT2D eigenvalue weighted by Crippen LogP contribution is 2.11. The van der Waals surface area contributed by atoms with Gasteiger partial charge in [0.15, 0.2) is 17.5 Å². The standard InChI is InChI=1S/C10H11F2N3O2/c1-5(9(13)15-17)14-10(16)6-3-2-4-7(11)8(6)12/h2-5,17H,1H3,(H2,13,15)(H,14,16). The van der Waals surface area contributed by atoms with Gasteiger partial charge in [-0.05, 0) is 19.1 Å². The smallest absolute Gasteiger partial charge is 0.254 e. The molecule has 1 rings (SSSR count). The summed E-state index contributed by atoms with van der Waals surface area (Å²) in [4.78, 5) is 11.5. The lowest BCUT2D eigenvalue weighted by Crippen LogP contribution is -2.42. The first-order valence-electron chi connectivity index (χ1n) is 4.69. The van der Waals surface area contributed by atoms with Gasteiger partial charge in [-0.2, -0.15) is 0 Å². The Bertz CT molecular complexity index is 463. The molecule has 0 aliphatic heterocycles. The summed E-state index contributed by atoms with van der Waals surface area (Å²) in [7, 11) is 0. The normalized spacial score (nSPS) is 13.2. The predicted molar refractivity (Wildman–Crippen MR) is 56.7 cm³/mol. The molecule has 0 radical (unpaired) electrons. The number of hydrogen-bond donors (Lipinski definition) is 3. The Kier molecular flexibility index (Phi) is 3.97. The van der Waals surface area contributed by atoms with Crippen molar-refractivity contribution in [2.24, 2.45) is 10.9 Å². The predicted octanol–water partition coefficient (Wildman–Crippen LogP) is 0.830. The molecule has 1 amide bonds. The molecule has 0 aliphatic carbocycles. The first-order chi connectivity index (χ1) is 7.97. The van der Waals surface area contributed by atoms with Crippen molar-refractivity contribution >= 4 is 11.7 Å². The largest absolute Gasteiger partial charge is 0.409 e. The lowest BCUT2D eigenvalue weighted by molar-refractivity contribution is 0.0943. The molecule has 0 fully saturated rings. The average molecular weight is 243 g/mol. The van der Waals surface area contributed by atoms with Gasteiger partial charge >= 0.3 is 0 Å². The molecule has 0 saturated heterocycles. The Balaban J connectivity index is 2.88. The van der Waals surface area contributed by atoms with Gasteiger partial charge in [-0.1, -0.05) is 11.2 Å². The van der Waals surface area contributed by atoms with Crippen molar-refractivity contribution in [2.45, 2.75) is 13.0 Å². The lowest BCUT2D eigenvalue weighted by atomic mass is 10.1. The highest BCUT2D eigenvalue weighted by Gasteiger charge is 2.18. The fraction of sp³-hybridized carbons (Fsp3) is 0.200. The van der Waals surface area contributed by atoms with Crippen LogP contribution in [-0.2, 0) is 0 Å². The maximum absolute atomic E-state index is 13.2. The minimum atomic E-state index is -1.24. The fourth-order valence-corrected chi connectivity index (χ4v) is 1.11. The van der Waals surface area contributed by atoms with E-state index in [4.69, 9.17) is 10.9 Å². The van der Waals surface area contributed by atoms with Gasteiger partial charge in [-0.15, -0.1) is 0 Å². The van der Waals surface area contributed by atoms with Gasteiger partial charge in [0.05, 0.1) is 11.6 Å². The van der Waals surface area contributed by atoms with E-state index in [1.807, 2.05) is 0 Å². The summed E-state index contributed by atoms with van der Waals surface area (Å²) in [5.41, 5.74) is 4.79. The molecule has 7 heteroatoms. The molecule has 0 heterocycles. The van der Waals surface area contributed by atoms with Gasteiger partial charge in [-0.25, -0.2) is 8.78 Å². The SMILES string of the molecule is CC(NC(=O)c1cccc(F)c1F)C(N)=NO. The van der Waals surface area contributed by atoms with Crippen LogP contribution < -0.4 is 11.1 Å². The lowest BCUT2D eigenvalue weighted by Gasteiger charge is -2.12. The number of oxime groups is 1. The van der Waals surface area contributed by atoms with Crippen molar-refractivity contribution in [1.29, 1.82) is 0 Å². The van der Waals surface area contributed by atoms with E-state index in [1.165, 1.54) is 13.0 Å². The third kappa shape index (κ3) is 2.90. The van der Waals surface area contributed by atoms with E-state index < -0.39 is 29.1 Å². The summed E-state index contributed by atoms with van der Waals surface area (Å²) in [5.74, 6) is -3.44. The van der Waals surface area contributed by atoms with Crippen LogP contribution in [0.25, 0.3) is 0 Å². The molecule has 0 aliphatic rings. The minimum Gasteiger partial charge on any atom is -0.409 e. The second kappa shape index (κ2) is 5.24. The summed E-state index contributed by atoms with van der Waals surface area (Å²) >= 11 is 0. The number of nitrogens with zero attached hydrogens (tertiary/aromatic N) is 1. The van der Waals surface area contributed by atoms with Crippen LogP contribution in [0.15, 0.2) is 23.4 Å². The van der Waals surface area contributed by atoms with Gasteiger partial charge in [0.25, 0.3) is 5.91 Å². The molecule has 1 atom stereocenters. The highest BCUT2D eigenvalue weighted by molar-refractivity contribution is 5.98. The molecule has 0 bridgehead atoms. The van der Waals surface area contributed by atoms with Crippen LogP contribution in [0.3, 0.4) is 0 Å². The van der Waals surface area contributed by atoms with Gasteiger partial charge in [0.2, 0.25) is 0 Å². The number of carbonyl (C=O) groups is 1. The maximum Gasteiger partial charge on any atom is 0.254 e. The van der Waals surface area contributed by atoms with E-state index in [0.29, 0.717) is 0 Å². The molecule has 1 aromatic rings. The zero-order valence-corrected chi connectivity index (χ0v) is 8.95. The Morgan fingerprint density at radius 3 is 2.76 bits per heavy atom. The van der Waals surface area contributed by atoms with Crippen LogP contribution in [0.1, 0.15) is 17.3 Å². The summed E-state index contributed by atoms with van der Waals surface area (Å²) in [6, 6.07) is 2.45. The van der Waals surface area contributed by atoms with E-state index >= 15 is 0 Å². The summed E-state index contributed by atoms with van der Waals surface area (Å²) in [6.07, 6.45) is 0. The number of halogens is 2. The van der Waals surface area contributed by atoms with E-state index in [1.54, 1.807) is 0 Å². The second-order valence-corrected chi connectivity index (χ2v) is 3.32. The molecule has 4 N–H and O–H groups in total. The van der Waals surface area contributed by atoms with Gasteiger partial charge in [0.1, 0.15) is 0 Å². The van der Waals surface area contributed by atoms with E-state index in [9.17, 15) is 13.6 Å². The quantitative estimate of drug-likeness (QED) is 0.318. The molecule has 5 nitrogen and oxygen atoms in total. The van der Waals surface area contributed by atoms with Crippen molar-refractivity contribution < 1.29 is 18.8 Å². The number of nitrogens with two attached hydrogens (primary N) is 1. The zero-order valence-electron chi connectivity index (χ0n) is 8.95. The fourth-order valence-electron chi connectivity index (χ4n) is 1.11. The molecule has 17 heavy (non-hydrogen) atoms. The van der Waals surface area contributed by atoms with Crippen LogP contribution in [0.4, 0.5) is 8.78 Å². The Labute approximate surface area is 95.9 Å². The van der Waals surface area contributed by atoms with E-state index in [2.05, 4.69) is 10.5 Å². The summed E-state index contributed by atoms with van der Waals surface area (Å²) in [6.45, 7) is 1.43. The molecular weight excluding hydrogens is 232 g/mol. The summed E-state index contributed by atoms with van der Waals surface area (Å²) in [5, 5.41) is 13.3. The van der Waals surface area contributed by atoms with E-state index in [0.717, 1.165) is 12.1 Å². The van der Waals surface area contributed by atoms with Crippen molar-refractivity contribution in [2.75, 3.05) is 0 Å². The van der Waals surface area contributed by atoms with Gasteiger partial charge < -0.3 is 16.3 Å². The maximum atomic E-state index is 13.2. The number of nitrogens with one attached hydrogen (secondary N) is 1. The molecular formula is C10H11F2N3O2. The Morgan fingerprint density at radius 1 is 1.53 bits per heavy atom. The number of hydrogen-bond acceptors (Lipinski definition) is 3. The van der Waals surface area contributed by atoms with Crippen LogP contribution in [0, 0.1) is 11.6 Å². The molecule has 1 unspecified atom stereocenters. The molecule has 92 valence electrons. The van der Waals surface area contributed by atoms with Crippen molar-refractivity contribution in [1.82, 2.24) is 5.32 Å². The average Bonchev–Trinajstić information content (AvgIpc) is 2.31. The zero-order chi connectivity index (χ0) is 13.0. The second-order valence-electron chi connectivity index (χ2n) is 3.32. The van der Waals surface area contributed by atoms with Crippen LogP contribution in [0.5, 0.6) is 0 Å². The first kappa shape index (κ1) is 12.9. The van der Waals surface area contributed by atoms with Gasteiger partial charge in [0, 0.05) is 0 Å². The Hall–Kier alpha value is -2.18. The third-order valence-corrected chi connectivity index (χ3v) is 2.10. The number of benzene rings is 1. The highest BCUT2D eigenvalue weighted by atomic mass is 19.2. The van der Waals surface area contributed by atoms with Crippen molar-refractivity contribution in [3.05, 3.63) is 35.4 Å². The topological polar surface area (TPSA) is 87.7 Å². The van der Waals surface area contributed by atoms with Crippen molar-refractivity contribution in [3.8, 4) is 0 Å². The van der Waals surface area contributed by atoms with Gasteiger partial charge in [-0.3, -0.25) is 4.79 Å². The number of amides is 1. The van der Waals surface area contributed by atoms with Crippen LogP contribution >= 0.6 is 0 Å². The first-order valence-corrected chi connectivity index (χ1v) is 4.69. The van der Waals surface area contributed by atoms with Crippen molar-refractivity contribution in [3.63, 3.8) is 0 Å². The number of carbonyl (C=O) groups excluding carboxylic acids is 1. The monoisotopic (exact) mass is 243 g/mol. The van der Waals surface area contributed by atoms with Crippen LogP contribution in [-0.4, -0.2) is 23.0 Å². The van der Waals surface area contributed by atoms with E-state index in [-0.39, 0.29) is 5.84 Å². The number of amidine groups is 1. The minimum absolute atomic E-state index is 0.241. The molecule has 0 aromatic heterocycles. The molecule has 1 aromatic carbocycles. The number of rotatable bonds is 3. The third-order valence-electron chi connectivity index (χ3n) is 2.10. The molecule has 0 saturated carbocycles. The summed E-state index contributed by atoms with van der Waals surface area (Å²) < 4.78 is 26.1.